The van der Waals surface area contributed by atoms with E-state index in [0.29, 0.717) is 16.1 Å². The zero-order valence-corrected chi connectivity index (χ0v) is 18.8. The van der Waals surface area contributed by atoms with Crippen LogP contribution in [0.3, 0.4) is 0 Å². The van der Waals surface area contributed by atoms with Crippen LogP contribution in [0.25, 0.3) is 27.7 Å². The third-order valence-electron chi connectivity index (χ3n) is 6.02. The molecule has 160 valence electrons. The number of aromatic nitrogens is 2. The van der Waals surface area contributed by atoms with Crippen molar-refractivity contribution in [3.05, 3.63) is 87.2 Å². The number of halogens is 3. The van der Waals surface area contributed by atoms with Crippen LogP contribution in [0.5, 0.6) is 0 Å². The second-order valence-corrected chi connectivity index (χ2v) is 8.36. The number of pyridine rings is 1. The van der Waals surface area contributed by atoms with E-state index in [1.165, 1.54) is 28.8 Å². The lowest BCUT2D eigenvalue weighted by atomic mass is 10.0. The minimum Gasteiger partial charge on any atom is -0.347 e. The second kappa shape index (κ2) is 8.15. The number of likely N-dealkylation sites (N-methyl/N-ethyl adjacent to an activating group) is 1. The summed E-state index contributed by atoms with van der Waals surface area (Å²) >= 11 is 5.84. The van der Waals surface area contributed by atoms with Crippen LogP contribution in [0, 0.1) is 5.82 Å². The Morgan fingerprint density at radius 3 is 2.58 bits per heavy atom. The number of rotatable bonds is 2. The molecular formula is C24H22Cl2FN3O. The molecule has 0 saturated carbocycles. The summed E-state index contributed by atoms with van der Waals surface area (Å²) in [6.07, 6.45) is 2.72. The highest BCUT2D eigenvalue weighted by Crippen LogP contribution is 2.31. The molecule has 4 aromatic rings. The average Bonchev–Trinajstić information content (AvgIpc) is 2.99. The van der Waals surface area contributed by atoms with Crippen LogP contribution in [0.2, 0.25) is 5.02 Å². The average molecular weight is 458 g/mol. The summed E-state index contributed by atoms with van der Waals surface area (Å²) in [5.74, 6) is -0.444. The summed E-state index contributed by atoms with van der Waals surface area (Å²) in [5.41, 5.74) is 5.33. The largest absolute Gasteiger partial charge is 0.347 e. The summed E-state index contributed by atoms with van der Waals surface area (Å²) in [6, 6.07) is 13.8. The van der Waals surface area contributed by atoms with Gasteiger partial charge in [-0.3, -0.25) is 9.36 Å². The second-order valence-electron chi connectivity index (χ2n) is 7.92. The van der Waals surface area contributed by atoms with Crippen LogP contribution >= 0.6 is 24.0 Å². The van der Waals surface area contributed by atoms with Crippen molar-refractivity contribution in [2.45, 2.75) is 13.0 Å². The third kappa shape index (κ3) is 3.67. The Balaban J connectivity index is 0.00000231. The Labute approximate surface area is 190 Å². The van der Waals surface area contributed by atoms with Gasteiger partial charge in [-0.05, 0) is 54.6 Å². The molecule has 2 aromatic heterocycles. The van der Waals surface area contributed by atoms with Crippen LogP contribution < -0.4 is 5.56 Å². The number of fused-ring (bicyclic) bond motifs is 3. The van der Waals surface area contributed by atoms with E-state index >= 15 is 0 Å². The molecule has 1 aliphatic rings. The summed E-state index contributed by atoms with van der Waals surface area (Å²) in [5, 5.41) is 1.56. The number of hydrogen-bond acceptors (Lipinski definition) is 2. The molecule has 0 aliphatic carbocycles. The molecule has 0 spiro atoms. The lowest BCUT2D eigenvalue weighted by Crippen LogP contribution is -2.26. The van der Waals surface area contributed by atoms with Crippen molar-refractivity contribution in [2.75, 3.05) is 13.6 Å². The molecule has 2 aromatic carbocycles. The van der Waals surface area contributed by atoms with Crippen molar-refractivity contribution in [2.24, 2.45) is 7.05 Å². The lowest BCUT2D eigenvalue weighted by Gasteiger charge is -2.23. The maximum atomic E-state index is 14.3. The van der Waals surface area contributed by atoms with Crippen LogP contribution in [-0.4, -0.2) is 27.6 Å². The van der Waals surface area contributed by atoms with Crippen LogP contribution in [-0.2, 0) is 20.0 Å². The molecule has 0 atom stereocenters. The fourth-order valence-corrected chi connectivity index (χ4v) is 4.59. The van der Waals surface area contributed by atoms with E-state index in [9.17, 15) is 9.18 Å². The number of nitrogens with zero attached hydrogens (tertiary/aromatic N) is 3. The number of benzene rings is 2. The van der Waals surface area contributed by atoms with Gasteiger partial charge in [0.1, 0.15) is 5.82 Å². The summed E-state index contributed by atoms with van der Waals surface area (Å²) in [4.78, 5) is 15.2. The first-order valence-electron chi connectivity index (χ1n) is 9.89. The zero-order chi connectivity index (χ0) is 21.0. The topological polar surface area (TPSA) is 30.2 Å². The van der Waals surface area contributed by atoms with Gasteiger partial charge in [0.15, 0.2) is 0 Å². The van der Waals surface area contributed by atoms with Crippen molar-refractivity contribution in [1.82, 2.24) is 14.0 Å². The van der Waals surface area contributed by atoms with Gasteiger partial charge in [-0.2, -0.15) is 0 Å². The van der Waals surface area contributed by atoms with E-state index in [0.717, 1.165) is 30.7 Å². The van der Waals surface area contributed by atoms with E-state index < -0.39 is 5.82 Å². The van der Waals surface area contributed by atoms with E-state index in [4.69, 9.17) is 11.6 Å². The molecule has 5 rings (SSSR count). The molecule has 31 heavy (non-hydrogen) atoms. The van der Waals surface area contributed by atoms with Crippen molar-refractivity contribution in [3.63, 3.8) is 0 Å². The van der Waals surface area contributed by atoms with Crippen LogP contribution in [0.4, 0.5) is 4.39 Å². The molecule has 0 bridgehead atoms. The molecule has 0 unspecified atom stereocenters. The third-order valence-corrected chi connectivity index (χ3v) is 6.25. The quantitative estimate of drug-likeness (QED) is 0.414. The minimum absolute atomic E-state index is 0. The van der Waals surface area contributed by atoms with Crippen LogP contribution in [0.15, 0.2) is 59.5 Å². The van der Waals surface area contributed by atoms with Crippen molar-refractivity contribution < 1.29 is 4.39 Å². The van der Waals surface area contributed by atoms with E-state index in [-0.39, 0.29) is 18.0 Å². The maximum Gasteiger partial charge on any atom is 0.255 e. The first kappa shape index (κ1) is 21.6. The van der Waals surface area contributed by atoms with E-state index in [1.807, 2.05) is 6.07 Å². The normalized spacial score (nSPS) is 13.8. The SMILES string of the molecule is CN1CCc2c(c3ccc(-n4ccc(-c5ccc(Cl)cc5F)cc4=O)cc3n2C)C1.Cl. The summed E-state index contributed by atoms with van der Waals surface area (Å²) in [6.45, 7) is 1.99. The molecule has 0 N–H and O–H groups in total. The van der Waals surface area contributed by atoms with Gasteiger partial charge in [-0.15, -0.1) is 12.4 Å². The Morgan fingerprint density at radius 2 is 1.84 bits per heavy atom. The molecule has 1 aliphatic heterocycles. The highest BCUT2D eigenvalue weighted by molar-refractivity contribution is 6.30. The van der Waals surface area contributed by atoms with Crippen molar-refractivity contribution in [3.8, 4) is 16.8 Å². The van der Waals surface area contributed by atoms with Crippen molar-refractivity contribution >= 4 is 34.9 Å². The molecule has 4 nitrogen and oxygen atoms in total. The molecular weight excluding hydrogens is 436 g/mol. The van der Waals surface area contributed by atoms with E-state index in [1.54, 1.807) is 29.0 Å². The molecule has 3 heterocycles. The summed E-state index contributed by atoms with van der Waals surface area (Å²) < 4.78 is 18.1. The Kier molecular flexibility index (Phi) is 5.69. The standard InChI is InChI=1S/C24H21ClFN3O.ClH/c1-27-9-8-22-20(14-27)19-6-4-17(13-23(19)28(22)2)29-10-7-15(11-24(29)30)18-5-3-16(25)12-21(18)26;/h3-7,10-13H,8-9,14H2,1-2H3;1H. The van der Waals surface area contributed by atoms with Gasteiger partial charge in [0.25, 0.3) is 5.56 Å². The highest BCUT2D eigenvalue weighted by atomic mass is 35.5. The van der Waals surface area contributed by atoms with Gasteiger partial charge >= 0.3 is 0 Å². The van der Waals surface area contributed by atoms with Crippen LogP contribution in [0.1, 0.15) is 11.3 Å². The first-order valence-corrected chi connectivity index (χ1v) is 10.3. The fraction of sp³-hybridized carbons (Fsp3) is 0.208. The zero-order valence-electron chi connectivity index (χ0n) is 17.2. The van der Waals surface area contributed by atoms with Gasteiger partial charge < -0.3 is 9.47 Å². The summed E-state index contributed by atoms with van der Waals surface area (Å²) in [7, 11) is 4.23. The van der Waals surface area contributed by atoms with Gasteiger partial charge in [0, 0.05) is 60.5 Å². The van der Waals surface area contributed by atoms with Crippen molar-refractivity contribution in [1.29, 1.82) is 0 Å². The highest BCUT2D eigenvalue weighted by Gasteiger charge is 2.21. The molecule has 0 radical (unpaired) electrons. The monoisotopic (exact) mass is 457 g/mol. The van der Waals surface area contributed by atoms with Gasteiger partial charge in [0.2, 0.25) is 0 Å². The minimum atomic E-state index is -0.444. The van der Waals surface area contributed by atoms with Gasteiger partial charge in [0.05, 0.1) is 11.2 Å². The molecule has 0 saturated heterocycles. The molecule has 0 amide bonds. The molecule has 7 heteroatoms. The Hall–Kier alpha value is -2.60. The predicted octanol–water partition coefficient (Wildman–Crippen LogP) is 5.20. The smallest absolute Gasteiger partial charge is 0.255 e. The Morgan fingerprint density at radius 1 is 1.03 bits per heavy atom. The number of aryl methyl sites for hydroxylation is 1. The Bertz CT molecular complexity index is 1360. The lowest BCUT2D eigenvalue weighted by molar-refractivity contribution is 0.310. The number of hydrogen-bond donors (Lipinski definition) is 0. The fourth-order valence-electron chi connectivity index (χ4n) is 4.43. The molecule has 0 fully saturated rings. The first-order chi connectivity index (χ1) is 14.4. The van der Waals surface area contributed by atoms with E-state index in [2.05, 4.69) is 35.7 Å². The van der Waals surface area contributed by atoms with Gasteiger partial charge in [-0.1, -0.05) is 17.7 Å². The van der Waals surface area contributed by atoms with Gasteiger partial charge in [-0.25, -0.2) is 4.39 Å². The predicted molar refractivity (Wildman–Crippen MR) is 126 cm³/mol. The maximum absolute atomic E-state index is 14.3.